The van der Waals surface area contributed by atoms with Crippen molar-refractivity contribution >= 4 is 5.91 Å². The van der Waals surface area contributed by atoms with Gasteiger partial charge in [0, 0.05) is 12.7 Å². The summed E-state index contributed by atoms with van der Waals surface area (Å²) >= 11 is 0. The first-order valence-corrected chi connectivity index (χ1v) is 5.13. The minimum Gasteiger partial charge on any atom is -0.508 e. The minimum absolute atomic E-state index is 0.138. The zero-order chi connectivity index (χ0) is 12.1. The Bertz CT molecular complexity index is 496. The normalized spacial score (nSPS) is 10.1. The first kappa shape index (κ1) is 11.1. The smallest absolute Gasteiger partial charge is 0.242 e. The largest absolute Gasteiger partial charge is 0.508 e. The number of rotatable bonds is 4. The number of hydrogen-bond acceptors (Lipinski definition) is 4. The lowest BCUT2D eigenvalue weighted by molar-refractivity contribution is -0.122. The highest BCUT2D eigenvalue weighted by Crippen LogP contribution is 2.10. The van der Waals surface area contributed by atoms with E-state index in [2.05, 4.69) is 15.6 Å². The Labute approximate surface area is 97.9 Å². The number of carbonyl (C=O) groups excluding carboxylic acids is 1. The van der Waals surface area contributed by atoms with Crippen LogP contribution in [-0.2, 0) is 17.9 Å². The van der Waals surface area contributed by atoms with E-state index in [1.54, 1.807) is 24.4 Å². The molecule has 2 aromatic rings. The van der Waals surface area contributed by atoms with Crippen LogP contribution in [0.15, 0.2) is 36.7 Å². The number of nitrogens with zero attached hydrogens (tertiary/aromatic N) is 3. The first-order chi connectivity index (χ1) is 8.24. The summed E-state index contributed by atoms with van der Waals surface area (Å²) in [7, 11) is 0. The molecule has 0 aliphatic heterocycles. The molecule has 1 aromatic carbocycles. The zero-order valence-electron chi connectivity index (χ0n) is 9.08. The molecule has 0 unspecified atom stereocenters. The van der Waals surface area contributed by atoms with Crippen LogP contribution in [0, 0.1) is 0 Å². The monoisotopic (exact) mass is 232 g/mol. The van der Waals surface area contributed by atoms with E-state index in [0.29, 0.717) is 6.54 Å². The second-order valence-corrected chi connectivity index (χ2v) is 3.55. The number of aromatic hydroxyl groups is 1. The van der Waals surface area contributed by atoms with Gasteiger partial charge in [0.05, 0.1) is 6.20 Å². The molecular formula is C11H12N4O2. The quantitative estimate of drug-likeness (QED) is 0.794. The van der Waals surface area contributed by atoms with Crippen LogP contribution < -0.4 is 5.32 Å². The minimum atomic E-state index is -0.154. The average Bonchev–Trinajstić information content (AvgIpc) is 2.79. The van der Waals surface area contributed by atoms with Crippen molar-refractivity contribution < 1.29 is 9.90 Å². The second kappa shape index (κ2) is 5.11. The number of aromatic nitrogens is 3. The third-order valence-corrected chi connectivity index (χ3v) is 2.18. The molecule has 2 rings (SSSR count). The van der Waals surface area contributed by atoms with Gasteiger partial charge in [-0.2, -0.15) is 0 Å². The molecule has 1 aromatic heterocycles. The summed E-state index contributed by atoms with van der Waals surface area (Å²) in [5.41, 5.74) is 0.844. The molecule has 0 aliphatic rings. The van der Waals surface area contributed by atoms with Crippen molar-refractivity contribution in [2.75, 3.05) is 0 Å². The Kier molecular flexibility index (Phi) is 3.34. The number of nitrogens with one attached hydrogen (secondary N) is 1. The first-order valence-electron chi connectivity index (χ1n) is 5.13. The summed E-state index contributed by atoms with van der Waals surface area (Å²) in [5, 5.41) is 19.3. The van der Waals surface area contributed by atoms with E-state index in [4.69, 9.17) is 0 Å². The van der Waals surface area contributed by atoms with Crippen molar-refractivity contribution in [1.82, 2.24) is 20.3 Å². The Balaban J connectivity index is 1.84. The maximum Gasteiger partial charge on any atom is 0.242 e. The molecule has 88 valence electrons. The van der Waals surface area contributed by atoms with Crippen LogP contribution in [0.1, 0.15) is 5.56 Å². The third-order valence-electron chi connectivity index (χ3n) is 2.18. The van der Waals surface area contributed by atoms with Crippen LogP contribution in [0.25, 0.3) is 0 Å². The maximum absolute atomic E-state index is 11.5. The fourth-order valence-electron chi connectivity index (χ4n) is 1.39. The Morgan fingerprint density at radius 3 is 3.06 bits per heavy atom. The molecule has 17 heavy (non-hydrogen) atoms. The summed E-state index contributed by atoms with van der Waals surface area (Å²) in [6.07, 6.45) is 3.14. The summed E-state index contributed by atoms with van der Waals surface area (Å²) in [4.78, 5) is 11.5. The van der Waals surface area contributed by atoms with Gasteiger partial charge in [-0.3, -0.25) is 4.79 Å². The van der Waals surface area contributed by atoms with Gasteiger partial charge in [0.1, 0.15) is 12.3 Å². The topological polar surface area (TPSA) is 80.0 Å². The van der Waals surface area contributed by atoms with E-state index in [1.165, 1.54) is 10.9 Å². The van der Waals surface area contributed by atoms with Gasteiger partial charge >= 0.3 is 0 Å². The molecule has 1 heterocycles. The second-order valence-electron chi connectivity index (χ2n) is 3.55. The lowest BCUT2D eigenvalue weighted by atomic mass is 10.2. The van der Waals surface area contributed by atoms with E-state index in [1.807, 2.05) is 6.07 Å². The van der Waals surface area contributed by atoms with Gasteiger partial charge in [-0.15, -0.1) is 5.10 Å². The highest BCUT2D eigenvalue weighted by atomic mass is 16.3. The van der Waals surface area contributed by atoms with Crippen LogP contribution in [0.5, 0.6) is 5.75 Å². The van der Waals surface area contributed by atoms with Crippen LogP contribution >= 0.6 is 0 Å². The lowest BCUT2D eigenvalue weighted by Gasteiger charge is -2.05. The highest BCUT2D eigenvalue weighted by Gasteiger charge is 2.03. The summed E-state index contributed by atoms with van der Waals surface area (Å²) in [6, 6.07) is 6.75. The van der Waals surface area contributed by atoms with E-state index >= 15 is 0 Å². The summed E-state index contributed by atoms with van der Waals surface area (Å²) < 4.78 is 1.44. The third kappa shape index (κ3) is 3.30. The van der Waals surface area contributed by atoms with Crippen molar-refractivity contribution in [2.24, 2.45) is 0 Å². The van der Waals surface area contributed by atoms with Crippen molar-refractivity contribution in [3.05, 3.63) is 42.2 Å². The summed E-state index contributed by atoms with van der Waals surface area (Å²) in [5.74, 6) is 0.0341. The molecule has 0 saturated heterocycles. The predicted molar refractivity (Wildman–Crippen MR) is 60.0 cm³/mol. The van der Waals surface area contributed by atoms with Crippen LogP contribution in [-0.4, -0.2) is 26.0 Å². The molecule has 0 spiro atoms. The van der Waals surface area contributed by atoms with Crippen molar-refractivity contribution in [3.63, 3.8) is 0 Å². The molecule has 2 N–H and O–H groups in total. The number of carbonyl (C=O) groups is 1. The number of phenolic OH excluding ortho intramolecular Hbond substituents is 1. The fourth-order valence-corrected chi connectivity index (χ4v) is 1.39. The number of hydrogen-bond donors (Lipinski definition) is 2. The Morgan fingerprint density at radius 1 is 1.47 bits per heavy atom. The number of benzene rings is 1. The maximum atomic E-state index is 11.5. The average molecular weight is 232 g/mol. The van der Waals surface area contributed by atoms with E-state index in [0.717, 1.165) is 5.56 Å². The van der Waals surface area contributed by atoms with Gasteiger partial charge in [0.2, 0.25) is 5.91 Å². The molecule has 0 saturated carbocycles. The fraction of sp³-hybridized carbons (Fsp3) is 0.182. The van der Waals surface area contributed by atoms with Gasteiger partial charge in [0.15, 0.2) is 0 Å². The Hall–Kier alpha value is -2.37. The molecular weight excluding hydrogens is 220 g/mol. The number of phenols is 1. The highest BCUT2D eigenvalue weighted by molar-refractivity contribution is 5.75. The molecule has 0 radical (unpaired) electrons. The van der Waals surface area contributed by atoms with Gasteiger partial charge in [-0.1, -0.05) is 17.3 Å². The van der Waals surface area contributed by atoms with E-state index < -0.39 is 0 Å². The Morgan fingerprint density at radius 2 is 2.35 bits per heavy atom. The van der Waals surface area contributed by atoms with Crippen molar-refractivity contribution in [3.8, 4) is 5.75 Å². The molecule has 0 aliphatic carbocycles. The van der Waals surface area contributed by atoms with Gasteiger partial charge < -0.3 is 10.4 Å². The molecule has 6 heteroatoms. The van der Waals surface area contributed by atoms with Gasteiger partial charge in [0.25, 0.3) is 0 Å². The predicted octanol–water partition coefficient (Wildman–Crippen LogP) is 0.300. The van der Waals surface area contributed by atoms with Crippen LogP contribution in [0.3, 0.4) is 0 Å². The molecule has 0 bridgehead atoms. The van der Waals surface area contributed by atoms with E-state index in [-0.39, 0.29) is 18.2 Å². The standard InChI is InChI=1S/C11H12N4O2/c16-10-3-1-2-9(6-10)7-12-11(17)8-15-5-4-13-14-15/h1-6,16H,7-8H2,(H,12,17). The van der Waals surface area contributed by atoms with Crippen molar-refractivity contribution in [1.29, 1.82) is 0 Å². The van der Waals surface area contributed by atoms with Crippen LogP contribution in [0.2, 0.25) is 0 Å². The molecule has 1 amide bonds. The van der Waals surface area contributed by atoms with Crippen LogP contribution in [0.4, 0.5) is 0 Å². The van der Waals surface area contributed by atoms with Gasteiger partial charge in [-0.05, 0) is 17.7 Å². The molecule has 0 atom stereocenters. The van der Waals surface area contributed by atoms with Crippen molar-refractivity contribution in [2.45, 2.75) is 13.1 Å². The SMILES string of the molecule is O=C(Cn1ccnn1)NCc1cccc(O)c1. The van der Waals surface area contributed by atoms with E-state index in [9.17, 15) is 9.90 Å². The van der Waals surface area contributed by atoms with Gasteiger partial charge in [-0.25, -0.2) is 4.68 Å². The molecule has 6 nitrogen and oxygen atoms in total. The molecule has 0 fully saturated rings. The summed E-state index contributed by atoms with van der Waals surface area (Å²) in [6.45, 7) is 0.515. The lowest BCUT2D eigenvalue weighted by Crippen LogP contribution is -2.27. The zero-order valence-corrected chi connectivity index (χ0v) is 9.08. The number of amides is 1.